The Labute approximate surface area is 129 Å². The summed E-state index contributed by atoms with van der Waals surface area (Å²) in [6.07, 6.45) is 3.65. The van der Waals surface area contributed by atoms with Crippen LogP contribution < -0.4 is 0 Å². The first-order valence-corrected chi connectivity index (χ1v) is 8.05. The fourth-order valence-electron chi connectivity index (χ4n) is 2.57. The fourth-order valence-corrected chi connectivity index (χ4v) is 2.93. The van der Waals surface area contributed by atoms with E-state index in [1.807, 2.05) is 24.3 Å². The van der Waals surface area contributed by atoms with Crippen LogP contribution in [-0.2, 0) is 0 Å². The Morgan fingerprint density at radius 1 is 1.21 bits per heavy atom. The normalized spacial score (nSPS) is 19.9. The number of Topliss-reactive ketones (excluding diaryl/α,β-unsaturated/α-hetero) is 1. The molecule has 0 amide bonds. The van der Waals surface area contributed by atoms with Gasteiger partial charge in [0.25, 0.3) is 0 Å². The Balaban J connectivity index is 1.93. The average molecular weight is 371 g/mol. The second-order valence-electron chi connectivity index (χ2n) is 6.22. The molecule has 1 saturated heterocycles. The van der Waals surface area contributed by atoms with Crippen LogP contribution in [-0.4, -0.2) is 30.3 Å². The predicted molar refractivity (Wildman–Crippen MR) is 87.6 cm³/mol. The van der Waals surface area contributed by atoms with Crippen LogP contribution in [0.15, 0.2) is 24.3 Å². The highest BCUT2D eigenvalue weighted by Crippen LogP contribution is 2.29. The maximum Gasteiger partial charge on any atom is 0.176 e. The largest absolute Gasteiger partial charge is 0.296 e. The molecule has 0 bridgehead atoms. The third-order valence-corrected chi connectivity index (χ3v) is 4.69. The lowest BCUT2D eigenvalue weighted by Gasteiger charge is -2.22. The smallest absolute Gasteiger partial charge is 0.176 e. The van der Waals surface area contributed by atoms with Crippen molar-refractivity contribution >= 4 is 28.4 Å². The summed E-state index contributed by atoms with van der Waals surface area (Å²) in [4.78, 5) is 14.6. The van der Waals surface area contributed by atoms with Crippen LogP contribution in [0.1, 0.15) is 43.5 Å². The SMILES string of the molecule is CC1(C)CCCN(CC(=O)c2ccc(I)cc2)CC1. The number of likely N-dealkylation sites (tertiary alicyclic amines) is 1. The second-order valence-corrected chi connectivity index (χ2v) is 7.47. The summed E-state index contributed by atoms with van der Waals surface area (Å²) in [6, 6.07) is 7.87. The predicted octanol–water partition coefficient (Wildman–Crippen LogP) is 3.99. The van der Waals surface area contributed by atoms with Crippen molar-refractivity contribution in [1.82, 2.24) is 4.90 Å². The van der Waals surface area contributed by atoms with Crippen molar-refractivity contribution in [2.75, 3.05) is 19.6 Å². The molecule has 19 heavy (non-hydrogen) atoms. The van der Waals surface area contributed by atoms with E-state index in [0.29, 0.717) is 12.0 Å². The van der Waals surface area contributed by atoms with Gasteiger partial charge in [0.05, 0.1) is 6.54 Å². The standard InChI is InChI=1S/C16H22INO/c1-16(2)8-3-10-18(11-9-16)12-15(19)13-4-6-14(17)7-5-13/h4-7H,3,8-12H2,1-2H3. The van der Waals surface area contributed by atoms with Gasteiger partial charge in [-0.05, 0) is 72.5 Å². The summed E-state index contributed by atoms with van der Waals surface area (Å²) in [5, 5.41) is 0. The molecule has 0 aliphatic carbocycles. The zero-order chi connectivity index (χ0) is 13.9. The molecule has 0 saturated carbocycles. The van der Waals surface area contributed by atoms with E-state index in [1.165, 1.54) is 22.8 Å². The zero-order valence-electron chi connectivity index (χ0n) is 11.8. The van der Waals surface area contributed by atoms with E-state index in [-0.39, 0.29) is 5.78 Å². The highest BCUT2D eigenvalue weighted by atomic mass is 127. The van der Waals surface area contributed by atoms with E-state index >= 15 is 0 Å². The van der Waals surface area contributed by atoms with Gasteiger partial charge in [-0.3, -0.25) is 9.69 Å². The van der Waals surface area contributed by atoms with E-state index in [4.69, 9.17) is 0 Å². The summed E-state index contributed by atoms with van der Waals surface area (Å²) in [5.74, 6) is 0.246. The van der Waals surface area contributed by atoms with Gasteiger partial charge < -0.3 is 0 Å². The minimum absolute atomic E-state index is 0.246. The first-order valence-electron chi connectivity index (χ1n) is 6.97. The third-order valence-electron chi connectivity index (χ3n) is 3.97. The summed E-state index contributed by atoms with van der Waals surface area (Å²) in [5.41, 5.74) is 1.27. The van der Waals surface area contributed by atoms with E-state index in [0.717, 1.165) is 18.7 Å². The first kappa shape index (κ1) is 15.0. The van der Waals surface area contributed by atoms with Gasteiger partial charge in [0.1, 0.15) is 0 Å². The molecule has 1 aliphatic heterocycles. The first-order chi connectivity index (χ1) is 8.96. The van der Waals surface area contributed by atoms with Gasteiger partial charge in [0.15, 0.2) is 5.78 Å². The molecule has 0 radical (unpaired) electrons. The van der Waals surface area contributed by atoms with Gasteiger partial charge in [-0.25, -0.2) is 0 Å². The molecular weight excluding hydrogens is 349 g/mol. The Morgan fingerprint density at radius 3 is 2.58 bits per heavy atom. The number of halogens is 1. The second kappa shape index (κ2) is 6.35. The molecule has 1 aromatic carbocycles. The zero-order valence-corrected chi connectivity index (χ0v) is 13.9. The maximum atomic E-state index is 12.3. The molecular formula is C16H22INO. The molecule has 0 aromatic heterocycles. The van der Waals surface area contributed by atoms with Gasteiger partial charge in [-0.1, -0.05) is 26.0 Å². The number of hydrogen-bond acceptors (Lipinski definition) is 2. The average Bonchev–Trinajstić information content (AvgIpc) is 2.52. The summed E-state index contributed by atoms with van der Waals surface area (Å²) >= 11 is 2.26. The van der Waals surface area contributed by atoms with Crippen molar-refractivity contribution in [1.29, 1.82) is 0 Å². The quantitative estimate of drug-likeness (QED) is 0.592. The molecule has 104 valence electrons. The Morgan fingerprint density at radius 2 is 1.89 bits per heavy atom. The molecule has 0 atom stereocenters. The molecule has 1 aliphatic rings. The Hall–Kier alpha value is -0.420. The molecule has 1 aromatic rings. The monoisotopic (exact) mass is 371 g/mol. The van der Waals surface area contributed by atoms with Crippen LogP contribution in [0.25, 0.3) is 0 Å². The van der Waals surface area contributed by atoms with Crippen LogP contribution in [0.4, 0.5) is 0 Å². The number of benzene rings is 1. The maximum absolute atomic E-state index is 12.3. The van der Waals surface area contributed by atoms with Gasteiger partial charge in [0, 0.05) is 9.13 Å². The van der Waals surface area contributed by atoms with E-state index in [1.54, 1.807) is 0 Å². The molecule has 0 N–H and O–H groups in total. The van der Waals surface area contributed by atoms with Crippen molar-refractivity contribution in [3.63, 3.8) is 0 Å². The summed E-state index contributed by atoms with van der Waals surface area (Å²) < 4.78 is 1.17. The molecule has 3 heteroatoms. The van der Waals surface area contributed by atoms with Crippen LogP contribution in [0.3, 0.4) is 0 Å². The topological polar surface area (TPSA) is 20.3 Å². The minimum atomic E-state index is 0.246. The molecule has 1 heterocycles. The lowest BCUT2D eigenvalue weighted by molar-refractivity contribution is 0.0930. The highest BCUT2D eigenvalue weighted by Gasteiger charge is 2.24. The summed E-state index contributed by atoms with van der Waals surface area (Å²) in [6.45, 7) is 7.33. The van der Waals surface area contributed by atoms with Gasteiger partial charge in [-0.2, -0.15) is 0 Å². The van der Waals surface area contributed by atoms with Crippen LogP contribution in [0.5, 0.6) is 0 Å². The number of rotatable bonds is 3. The van der Waals surface area contributed by atoms with Crippen molar-refractivity contribution < 1.29 is 4.79 Å². The highest BCUT2D eigenvalue weighted by molar-refractivity contribution is 14.1. The summed E-state index contributed by atoms with van der Waals surface area (Å²) in [7, 11) is 0. The van der Waals surface area contributed by atoms with Crippen molar-refractivity contribution in [3.05, 3.63) is 33.4 Å². The number of carbonyl (C=O) groups is 1. The molecule has 0 unspecified atom stereocenters. The number of ketones is 1. The molecule has 1 fully saturated rings. The molecule has 2 nitrogen and oxygen atoms in total. The number of carbonyl (C=O) groups excluding carboxylic acids is 1. The van der Waals surface area contributed by atoms with E-state index < -0.39 is 0 Å². The number of hydrogen-bond donors (Lipinski definition) is 0. The van der Waals surface area contributed by atoms with Crippen molar-refractivity contribution in [2.24, 2.45) is 5.41 Å². The van der Waals surface area contributed by atoms with Crippen molar-refractivity contribution in [2.45, 2.75) is 33.1 Å². The molecule has 2 rings (SSSR count). The van der Waals surface area contributed by atoms with Crippen LogP contribution >= 0.6 is 22.6 Å². The van der Waals surface area contributed by atoms with E-state index in [9.17, 15) is 4.79 Å². The van der Waals surface area contributed by atoms with Gasteiger partial charge in [0.2, 0.25) is 0 Å². The Kier molecular flexibility index (Phi) is 5.01. The van der Waals surface area contributed by atoms with Crippen LogP contribution in [0.2, 0.25) is 0 Å². The van der Waals surface area contributed by atoms with E-state index in [2.05, 4.69) is 41.3 Å². The third kappa shape index (κ3) is 4.56. The molecule has 0 spiro atoms. The Bertz CT molecular complexity index is 439. The lowest BCUT2D eigenvalue weighted by atomic mass is 9.85. The van der Waals surface area contributed by atoms with Gasteiger partial charge in [-0.15, -0.1) is 0 Å². The fraction of sp³-hybridized carbons (Fsp3) is 0.562. The minimum Gasteiger partial charge on any atom is -0.296 e. The lowest BCUT2D eigenvalue weighted by Crippen LogP contribution is -2.31. The number of nitrogens with zero attached hydrogens (tertiary/aromatic N) is 1. The van der Waals surface area contributed by atoms with Gasteiger partial charge >= 0.3 is 0 Å². The van der Waals surface area contributed by atoms with Crippen LogP contribution in [0, 0.1) is 8.99 Å². The van der Waals surface area contributed by atoms with Crippen molar-refractivity contribution in [3.8, 4) is 0 Å².